The van der Waals surface area contributed by atoms with Crippen LogP contribution in [-0.4, -0.2) is 4.57 Å². The SMILES string of the molecule is CCCC(C)(C)c1cc(-c2cc(-c3ccccc3)cc(-c3ccc(N(c4ccc(-c5ccc6c(c5)c5ccccc5n6-c5ccccc5)cc4)c4ccc(-c5cccc6c5oc5ccccc56)cc4)cc3)c2)cc(C(C)(C)CC)c1. The van der Waals surface area contributed by atoms with E-state index in [1.807, 2.05) is 6.07 Å². The predicted octanol–water partition coefficient (Wildman–Crippen LogP) is 22.3. The summed E-state index contributed by atoms with van der Waals surface area (Å²) in [5.41, 5.74) is 23.2. The summed E-state index contributed by atoms with van der Waals surface area (Å²) in [6.45, 7) is 14.2. The Hall–Kier alpha value is -9.18. The molecule has 80 heavy (non-hydrogen) atoms. The van der Waals surface area contributed by atoms with Crippen molar-refractivity contribution < 1.29 is 4.42 Å². The minimum absolute atomic E-state index is 0.0393. The second-order valence-corrected chi connectivity index (χ2v) is 23.0. The van der Waals surface area contributed by atoms with Crippen LogP contribution in [0.4, 0.5) is 17.1 Å². The van der Waals surface area contributed by atoms with Gasteiger partial charge < -0.3 is 13.9 Å². The number of furan rings is 1. The molecule has 0 saturated heterocycles. The number of aromatic nitrogens is 1. The number of hydrogen-bond acceptors (Lipinski definition) is 2. The van der Waals surface area contributed by atoms with Crippen molar-refractivity contribution in [3.05, 3.63) is 266 Å². The first kappa shape index (κ1) is 50.3. The summed E-state index contributed by atoms with van der Waals surface area (Å²) in [4.78, 5) is 2.38. The summed E-state index contributed by atoms with van der Waals surface area (Å²) < 4.78 is 8.89. The fourth-order valence-corrected chi connectivity index (χ4v) is 12.1. The molecule has 2 aromatic heterocycles. The average Bonchev–Trinajstić information content (AvgIpc) is 4.12. The number of anilines is 3. The molecule has 0 unspecified atom stereocenters. The maximum atomic E-state index is 6.52. The molecule has 3 nitrogen and oxygen atoms in total. The van der Waals surface area contributed by atoms with Crippen LogP contribution in [0.1, 0.15) is 71.9 Å². The number of nitrogens with zero attached hydrogens (tertiary/aromatic N) is 2. The molecule has 3 heteroatoms. The topological polar surface area (TPSA) is 21.3 Å². The van der Waals surface area contributed by atoms with E-state index < -0.39 is 0 Å². The van der Waals surface area contributed by atoms with Gasteiger partial charge in [-0.1, -0.05) is 212 Å². The third kappa shape index (κ3) is 9.27. The van der Waals surface area contributed by atoms with Gasteiger partial charge in [0.05, 0.1) is 11.0 Å². The number of para-hydroxylation sites is 4. The molecule has 0 aliphatic carbocycles. The van der Waals surface area contributed by atoms with Gasteiger partial charge in [0.25, 0.3) is 0 Å². The zero-order valence-corrected chi connectivity index (χ0v) is 46.7. The van der Waals surface area contributed by atoms with Gasteiger partial charge in [0.2, 0.25) is 0 Å². The molecule has 390 valence electrons. The Morgan fingerprint density at radius 1 is 0.362 bits per heavy atom. The van der Waals surface area contributed by atoms with Crippen LogP contribution in [0, 0.1) is 0 Å². The summed E-state index contributed by atoms with van der Waals surface area (Å²) in [6, 6.07) is 93.7. The molecule has 0 fully saturated rings. The van der Waals surface area contributed by atoms with Crippen LogP contribution in [0.5, 0.6) is 0 Å². The van der Waals surface area contributed by atoms with Crippen molar-refractivity contribution in [2.75, 3.05) is 4.90 Å². The molecular weight excluding hydrogens is 969 g/mol. The molecule has 0 spiro atoms. The van der Waals surface area contributed by atoms with E-state index in [1.54, 1.807) is 0 Å². The van der Waals surface area contributed by atoms with Crippen LogP contribution in [0.3, 0.4) is 0 Å². The average molecular weight is 1040 g/mol. The van der Waals surface area contributed by atoms with E-state index in [0.717, 1.165) is 86.2 Å². The molecule has 13 aromatic rings. The van der Waals surface area contributed by atoms with Gasteiger partial charge in [0.1, 0.15) is 11.2 Å². The first-order chi connectivity index (χ1) is 39.0. The third-order valence-corrected chi connectivity index (χ3v) is 17.1. The molecule has 0 bridgehead atoms. The van der Waals surface area contributed by atoms with E-state index in [1.165, 1.54) is 66.3 Å². The second kappa shape index (κ2) is 20.6. The van der Waals surface area contributed by atoms with Crippen LogP contribution in [-0.2, 0) is 10.8 Å². The van der Waals surface area contributed by atoms with Crippen LogP contribution < -0.4 is 4.90 Å². The molecule has 0 atom stereocenters. The molecule has 11 aromatic carbocycles. The Kier molecular flexibility index (Phi) is 12.9. The summed E-state index contributed by atoms with van der Waals surface area (Å²) >= 11 is 0. The van der Waals surface area contributed by atoms with Crippen molar-refractivity contribution in [1.29, 1.82) is 0 Å². The number of rotatable bonds is 14. The monoisotopic (exact) mass is 1030 g/mol. The van der Waals surface area contributed by atoms with Gasteiger partial charge in [0, 0.05) is 49.9 Å². The van der Waals surface area contributed by atoms with Gasteiger partial charge in [-0.2, -0.15) is 0 Å². The summed E-state index contributed by atoms with van der Waals surface area (Å²) in [6.07, 6.45) is 3.34. The Bertz CT molecular complexity index is 4370. The zero-order chi connectivity index (χ0) is 54.5. The minimum atomic E-state index is 0.0393. The van der Waals surface area contributed by atoms with E-state index in [9.17, 15) is 0 Å². The summed E-state index contributed by atoms with van der Waals surface area (Å²) in [5, 5.41) is 4.74. The molecule has 0 radical (unpaired) electrons. The van der Waals surface area contributed by atoms with Gasteiger partial charge in [-0.05, 0) is 176 Å². The molecule has 0 aliphatic heterocycles. The lowest BCUT2D eigenvalue weighted by atomic mass is 9.74. The van der Waals surface area contributed by atoms with E-state index in [4.69, 9.17) is 4.42 Å². The highest BCUT2D eigenvalue weighted by molar-refractivity contribution is 6.11. The van der Waals surface area contributed by atoms with Crippen molar-refractivity contribution >= 4 is 60.8 Å². The summed E-state index contributed by atoms with van der Waals surface area (Å²) in [5.74, 6) is 0. The van der Waals surface area contributed by atoms with Crippen LogP contribution in [0.25, 0.3) is 105 Å². The Morgan fingerprint density at radius 3 is 1.49 bits per heavy atom. The smallest absolute Gasteiger partial charge is 0.143 e. The highest BCUT2D eigenvalue weighted by Crippen LogP contribution is 2.44. The minimum Gasteiger partial charge on any atom is -0.455 e. The number of fused-ring (bicyclic) bond motifs is 6. The Balaban J connectivity index is 0.907. The molecule has 0 N–H and O–H groups in total. The molecule has 0 aliphatic rings. The number of hydrogen-bond donors (Lipinski definition) is 0. The maximum absolute atomic E-state index is 6.52. The zero-order valence-electron chi connectivity index (χ0n) is 46.7. The fourth-order valence-electron chi connectivity index (χ4n) is 12.1. The van der Waals surface area contributed by atoms with Gasteiger partial charge >= 0.3 is 0 Å². The highest BCUT2D eigenvalue weighted by atomic mass is 16.3. The van der Waals surface area contributed by atoms with Gasteiger partial charge in [-0.25, -0.2) is 0 Å². The lowest BCUT2D eigenvalue weighted by Gasteiger charge is -2.30. The Morgan fingerprint density at radius 2 is 0.850 bits per heavy atom. The lowest BCUT2D eigenvalue weighted by molar-refractivity contribution is 0.466. The third-order valence-electron chi connectivity index (χ3n) is 17.1. The summed E-state index contributed by atoms with van der Waals surface area (Å²) in [7, 11) is 0. The fraction of sp³-hybridized carbons (Fsp3) is 0.143. The molecule has 13 rings (SSSR count). The van der Waals surface area contributed by atoms with Crippen molar-refractivity contribution in [1.82, 2.24) is 4.57 Å². The molecule has 2 heterocycles. The van der Waals surface area contributed by atoms with E-state index >= 15 is 0 Å². The van der Waals surface area contributed by atoms with Gasteiger partial charge in [-0.15, -0.1) is 0 Å². The first-order valence-electron chi connectivity index (χ1n) is 28.5. The molecule has 0 saturated carbocycles. The number of benzene rings is 11. The van der Waals surface area contributed by atoms with Crippen molar-refractivity contribution in [2.45, 2.75) is 71.6 Å². The van der Waals surface area contributed by atoms with Crippen molar-refractivity contribution in [2.24, 2.45) is 0 Å². The maximum Gasteiger partial charge on any atom is 0.143 e. The molecule has 0 amide bonds. The van der Waals surface area contributed by atoms with E-state index in [2.05, 4.69) is 300 Å². The Labute approximate surface area is 471 Å². The quantitative estimate of drug-likeness (QED) is 0.108. The van der Waals surface area contributed by atoms with Crippen molar-refractivity contribution in [3.8, 4) is 61.3 Å². The standard InChI is InChI=1S/C77H66N2O/c1-7-44-77(5,6)62-49-60(48-61(51-62)76(3,4)8-2)59-46-57(52-20-11-9-12-21-52)45-58(47-59)54-32-39-65(40-33-54)78(66-41-34-55(35-42-66)67-26-19-27-70-69-25-16-18-29-74(69)80-75(67)70)64-37-30-53(31-38-64)56-36-43-73-71(50-56)68-24-15-17-28-72(68)79(73)63-22-13-10-14-23-63/h9-43,45-51H,7-8,44H2,1-6H3. The lowest BCUT2D eigenvalue weighted by Crippen LogP contribution is -2.20. The van der Waals surface area contributed by atoms with E-state index in [-0.39, 0.29) is 10.8 Å². The van der Waals surface area contributed by atoms with E-state index in [0.29, 0.717) is 0 Å². The van der Waals surface area contributed by atoms with Crippen molar-refractivity contribution in [3.63, 3.8) is 0 Å². The van der Waals surface area contributed by atoms with Crippen LogP contribution in [0.15, 0.2) is 259 Å². The van der Waals surface area contributed by atoms with Crippen LogP contribution in [0.2, 0.25) is 0 Å². The predicted molar refractivity (Wildman–Crippen MR) is 341 cm³/mol. The normalized spacial score (nSPS) is 12.0. The van der Waals surface area contributed by atoms with Gasteiger partial charge in [-0.3, -0.25) is 0 Å². The first-order valence-corrected chi connectivity index (χ1v) is 28.5. The molecular formula is C77H66N2O. The second-order valence-electron chi connectivity index (χ2n) is 23.0. The van der Waals surface area contributed by atoms with Crippen LogP contribution >= 0.6 is 0 Å². The van der Waals surface area contributed by atoms with Gasteiger partial charge in [0.15, 0.2) is 0 Å². The largest absolute Gasteiger partial charge is 0.455 e. The highest BCUT2D eigenvalue weighted by Gasteiger charge is 2.26.